The lowest BCUT2D eigenvalue weighted by Gasteiger charge is -2.39. The van der Waals surface area contributed by atoms with Crippen LogP contribution in [0.2, 0.25) is 0 Å². The molecule has 26 heavy (non-hydrogen) atoms. The van der Waals surface area contributed by atoms with Gasteiger partial charge in [-0.3, -0.25) is 9.69 Å². The van der Waals surface area contributed by atoms with Crippen LogP contribution in [0.1, 0.15) is 40.9 Å². The molecule has 1 aromatic carbocycles. The van der Waals surface area contributed by atoms with E-state index in [0.717, 1.165) is 74.4 Å². The highest BCUT2D eigenvalue weighted by molar-refractivity contribution is 6.01. The van der Waals surface area contributed by atoms with Crippen LogP contribution in [0.3, 0.4) is 0 Å². The first-order valence-corrected chi connectivity index (χ1v) is 9.83. The number of H-pyrrole nitrogens is 1. The van der Waals surface area contributed by atoms with E-state index in [1.165, 1.54) is 12.0 Å². The van der Waals surface area contributed by atoms with Crippen molar-refractivity contribution in [3.8, 4) is 0 Å². The fourth-order valence-electron chi connectivity index (χ4n) is 4.34. The molecule has 2 fully saturated rings. The van der Waals surface area contributed by atoms with Crippen molar-refractivity contribution in [2.45, 2.75) is 39.2 Å². The smallest absolute Gasteiger partial charge is 0.270 e. The highest BCUT2D eigenvalue weighted by Gasteiger charge is 2.31. The van der Waals surface area contributed by atoms with E-state index in [2.05, 4.69) is 46.8 Å². The molecule has 0 aliphatic carbocycles. The van der Waals surface area contributed by atoms with Crippen LogP contribution in [0.15, 0.2) is 18.2 Å². The summed E-state index contributed by atoms with van der Waals surface area (Å²) in [7, 11) is 0. The number of rotatable bonds is 3. The molecule has 5 heteroatoms. The van der Waals surface area contributed by atoms with E-state index >= 15 is 0 Å². The van der Waals surface area contributed by atoms with Gasteiger partial charge in [-0.05, 0) is 50.8 Å². The lowest BCUT2D eigenvalue weighted by molar-refractivity contribution is 0.0164. The molecule has 0 spiro atoms. The number of carbonyl (C=O) groups is 1. The van der Waals surface area contributed by atoms with Crippen molar-refractivity contribution in [3.05, 3.63) is 35.0 Å². The molecule has 0 bridgehead atoms. The summed E-state index contributed by atoms with van der Waals surface area (Å²) in [6.45, 7) is 9.55. The van der Waals surface area contributed by atoms with Crippen molar-refractivity contribution < 1.29 is 9.53 Å². The van der Waals surface area contributed by atoms with E-state index in [0.29, 0.717) is 6.04 Å². The van der Waals surface area contributed by atoms with Crippen LogP contribution in [0, 0.1) is 13.8 Å². The minimum absolute atomic E-state index is 0.161. The fraction of sp³-hybridized carbons (Fsp3) is 0.571. The highest BCUT2D eigenvalue weighted by Crippen LogP contribution is 2.27. The standard InChI is InChI=1S/C21H29N3O2/c1-15-6-7-19-18(13-15)16(2)20(22-19)21(25)24-8-4-3-5-17(24)14-23-9-11-26-12-10-23/h6-7,13,17,22H,3-5,8-12,14H2,1-2H3/t17-/m0/s1. The summed E-state index contributed by atoms with van der Waals surface area (Å²) >= 11 is 0. The lowest BCUT2D eigenvalue weighted by Crippen LogP contribution is -2.51. The number of piperidine rings is 1. The minimum atomic E-state index is 0.161. The number of carbonyl (C=O) groups excluding carboxylic acids is 1. The van der Waals surface area contributed by atoms with Gasteiger partial charge in [-0.15, -0.1) is 0 Å². The van der Waals surface area contributed by atoms with Crippen molar-refractivity contribution in [2.24, 2.45) is 0 Å². The minimum Gasteiger partial charge on any atom is -0.379 e. The predicted molar refractivity (Wildman–Crippen MR) is 104 cm³/mol. The molecule has 0 radical (unpaired) electrons. The van der Waals surface area contributed by atoms with E-state index in [1.54, 1.807) is 0 Å². The molecule has 0 saturated carbocycles. The molecule has 2 aromatic rings. The van der Waals surface area contributed by atoms with Crippen molar-refractivity contribution in [1.29, 1.82) is 0 Å². The Hall–Kier alpha value is -1.85. The fourth-order valence-corrected chi connectivity index (χ4v) is 4.34. The lowest BCUT2D eigenvalue weighted by atomic mass is 10.00. The second kappa shape index (κ2) is 7.41. The first kappa shape index (κ1) is 17.6. The van der Waals surface area contributed by atoms with Gasteiger partial charge in [0.25, 0.3) is 5.91 Å². The first-order chi connectivity index (χ1) is 12.6. The van der Waals surface area contributed by atoms with E-state index in [1.807, 2.05) is 0 Å². The Bertz CT molecular complexity index is 792. The van der Waals surface area contributed by atoms with Gasteiger partial charge in [0.15, 0.2) is 0 Å². The topological polar surface area (TPSA) is 48.6 Å². The molecule has 1 atom stereocenters. The van der Waals surface area contributed by atoms with Crippen LogP contribution >= 0.6 is 0 Å². The molecule has 1 N–H and O–H groups in total. The summed E-state index contributed by atoms with van der Waals surface area (Å²) in [6.07, 6.45) is 3.41. The van der Waals surface area contributed by atoms with Crippen molar-refractivity contribution >= 4 is 16.8 Å². The number of aromatic amines is 1. The van der Waals surface area contributed by atoms with Crippen LogP contribution in [0.4, 0.5) is 0 Å². The molecule has 5 nitrogen and oxygen atoms in total. The zero-order valence-corrected chi connectivity index (χ0v) is 15.9. The summed E-state index contributed by atoms with van der Waals surface area (Å²) in [5.74, 6) is 0.161. The largest absolute Gasteiger partial charge is 0.379 e. The second-order valence-corrected chi connectivity index (χ2v) is 7.74. The van der Waals surface area contributed by atoms with Gasteiger partial charge in [-0.2, -0.15) is 0 Å². The first-order valence-electron chi connectivity index (χ1n) is 9.83. The van der Waals surface area contributed by atoms with Gasteiger partial charge in [0.05, 0.1) is 13.2 Å². The van der Waals surface area contributed by atoms with Crippen LogP contribution in [0.25, 0.3) is 10.9 Å². The van der Waals surface area contributed by atoms with E-state index in [-0.39, 0.29) is 5.91 Å². The highest BCUT2D eigenvalue weighted by atomic mass is 16.5. The SMILES string of the molecule is Cc1ccc2[nH]c(C(=O)N3CCCC[C@H]3CN3CCOCC3)c(C)c2c1. The molecule has 2 saturated heterocycles. The summed E-state index contributed by atoms with van der Waals surface area (Å²) in [5, 5.41) is 1.16. The quantitative estimate of drug-likeness (QED) is 0.920. The van der Waals surface area contributed by atoms with Gasteiger partial charge in [0, 0.05) is 43.1 Å². The van der Waals surface area contributed by atoms with Crippen LogP contribution in [-0.4, -0.2) is 66.1 Å². The number of nitrogens with one attached hydrogen (secondary N) is 1. The van der Waals surface area contributed by atoms with Crippen molar-refractivity contribution in [1.82, 2.24) is 14.8 Å². The number of benzene rings is 1. The molecule has 3 heterocycles. The van der Waals surface area contributed by atoms with Gasteiger partial charge in [-0.1, -0.05) is 11.6 Å². The van der Waals surface area contributed by atoms with Crippen LogP contribution in [0.5, 0.6) is 0 Å². The van der Waals surface area contributed by atoms with Gasteiger partial charge < -0.3 is 14.6 Å². The summed E-state index contributed by atoms with van der Waals surface area (Å²) < 4.78 is 5.46. The maximum atomic E-state index is 13.4. The summed E-state index contributed by atoms with van der Waals surface area (Å²) in [4.78, 5) is 21.3. The van der Waals surface area contributed by atoms with Crippen LogP contribution in [-0.2, 0) is 4.74 Å². The molecule has 0 unspecified atom stereocenters. The van der Waals surface area contributed by atoms with E-state index < -0.39 is 0 Å². The third-order valence-electron chi connectivity index (χ3n) is 5.89. The molecular formula is C21H29N3O2. The predicted octanol–water partition coefficient (Wildman–Crippen LogP) is 3.11. The van der Waals surface area contributed by atoms with Gasteiger partial charge in [0.2, 0.25) is 0 Å². The summed E-state index contributed by atoms with van der Waals surface area (Å²) in [5.41, 5.74) is 4.11. The normalized spacial score (nSPS) is 22.1. The Labute approximate surface area is 155 Å². The Morgan fingerprint density at radius 2 is 2.00 bits per heavy atom. The van der Waals surface area contributed by atoms with Gasteiger partial charge >= 0.3 is 0 Å². The molecule has 2 aliphatic heterocycles. The monoisotopic (exact) mass is 355 g/mol. The van der Waals surface area contributed by atoms with E-state index in [9.17, 15) is 4.79 Å². The van der Waals surface area contributed by atoms with Gasteiger partial charge in [0.1, 0.15) is 5.69 Å². The molecule has 140 valence electrons. The van der Waals surface area contributed by atoms with Crippen LogP contribution < -0.4 is 0 Å². The number of morpholine rings is 1. The number of aryl methyl sites for hydroxylation is 2. The number of hydrogen-bond donors (Lipinski definition) is 1. The number of likely N-dealkylation sites (tertiary alicyclic amines) is 1. The summed E-state index contributed by atoms with van der Waals surface area (Å²) in [6, 6.07) is 6.64. The van der Waals surface area contributed by atoms with E-state index in [4.69, 9.17) is 4.74 Å². The molecule has 4 rings (SSSR count). The Balaban J connectivity index is 1.57. The number of hydrogen-bond acceptors (Lipinski definition) is 3. The Morgan fingerprint density at radius 3 is 2.81 bits per heavy atom. The molecule has 2 aliphatic rings. The zero-order valence-electron chi connectivity index (χ0n) is 15.9. The number of aromatic nitrogens is 1. The third-order valence-corrected chi connectivity index (χ3v) is 5.89. The second-order valence-electron chi connectivity index (χ2n) is 7.74. The number of ether oxygens (including phenoxy) is 1. The maximum Gasteiger partial charge on any atom is 0.270 e. The molecule has 1 amide bonds. The Kier molecular flexibility index (Phi) is 5.00. The zero-order chi connectivity index (χ0) is 18.1. The number of nitrogens with zero attached hydrogens (tertiary/aromatic N) is 2. The maximum absolute atomic E-state index is 13.4. The number of fused-ring (bicyclic) bond motifs is 1. The Morgan fingerprint density at radius 1 is 1.19 bits per heavy atom. The van der Waals surface area contributed by atoms with Crippen molar-refractivity contribution in [2.75, 3.05) is 39.4 Å². The molecular weight excluding hydrogens is 326 g/mol. The average Bonchev–Trinajstić information content (AvgIpc) is 2.99. The van der Waals surface area contributed by atoms with Gasteiger partial charge in [-0.25, -0.2) is 0 Å². The average molecular weight is 355 g/mol. The number of amides is 1. The van der Waals surface area contributed by atoms with Crippen molar-refractivity contribution in [3.63, 3.8) is 0 Å². The third kappa shape index (κ3) is 3.38. The molecule has 1 aromatic heterocycles.